The lowest BCUT2D eigenvalue weighted by Gasteiger charge is -2.23. The molecule has 1 aromatic carbocycles. The molecule has 1 aliphatic heterocycles. The van der Waals surface area contributed by atoms with Crippen molar-refractivity contribution < 1.29 is 14.7 Å². The van der Waals surface area contributed by atoms with Gasteiger partial charge in [-0.15, -0.1) is 11.3 Å². The first-order chi connectivity index (χ1) is 11.1. The van der Waals surface area contributed by atoms with E-state index in [0.717, 1.165) is 23.1 Å². The van der Waals surface area contributed by atoms with Crippen LogP contribution in [-0.2, 0) is 4.79 Å². The molecule has 1 saturated heterocycles. The third kappa shape index (κ3) is 2.26. The van der Waals surface area contributed by atoms with Crippen LogP contribution < -0.4 is 5.32 Å². The van der Waals surface area contributed by atoms with Crippen LogP contribution in [0.1, 0.15) is 19.3 Å². The van der Waals surface area contributed by atoms with E-state index < -0.39 is 11.4 Å². The fourth-order valence-corrected chi connectivity index (χ4v) is 4.65. The number of nitrogens with zero attached hydrogens (tertiary/aromatic N) is 2. The van der Waals surface area contributed by atoms with Gasteiger partial charge in [-0.3, -0.25) is 4.79 Å². The van der Waals surface area contributed by atoms with Crippen LogP contribution in [0.2, 0.25) is 0 Å². The topological polar surface area (TPSA) is 82.5 Å². The molecule has 120 valence electrons. The molecule has 1 aliphatic carbocycles. The molecule has 23 heavy (non-hydrogen) atoms. The van der Waals surface area contributed by atoms with Crippen molar-refractivity contribution >= 4 is 39.2 Å². The van der Waals surface area contributed by atoms with E-state index in [1.54, 1.807) is 10.4 Å². The van der Waals surface area contributed by atoms with Crippen molar-refractivity contribution in [1.29, 1.82) is 0 Å². The number of thiazole rings is 1. The van der Waals surface area contributed by atoms with E-state index in [9.17, 15) is 14.7 Å². The molecule has 2 atom stereocenters. The summed E-state index contributed by atoms with van der Waals surface area (Å²) in [6, 6.07) is 5.38. The summed E-state index contributed by atoms with van der Waals surface area (Å²) < 4.78 is 1.02. The SMILES string of the molecule is O=C(Nc1ccc2ncsc2c1)N1C[C@@H]2CCC[C@@]2(C(=O)O)C1. The van der Waals surface area contributed by atoms with Crippen LogP contribution in [0, 0.1) is 11.3 Å². The number of aromatic nitrogens is 1. The number of benzene rings is 1. The smallest absolute Gasteiger partial charge is 0.321 e. The van der Waals surface area contributed by atoms with E-state index in [2.05, 4.69) is 10.3 Å². The van der Waals surface area contributed by atoms with Crippen LogP contribution >= 0.6 is 11.3 Å². The van der Waals surface area contributed by atoms with Crippen LogP contribution in [0.3, 0.4) is 0 Å². The summed E-state index contributed by atoms with van der Waals surface area (Å²) in [5.41, 5.74) is 2.66. The van der Waals surface area contributed by atoms with Crippen LogP contribution in [-0.4, -0.2) is 40.1 Å². The van der Waals surface area contributed by atoms with Crippen LogP contribution in [0.15, 0.2) is 23.7 Å². The van der Waals surface area contributed by atoms with Crippen molar-refractivity contribution in [3.05, 3.63) is 23.7 Å². The van der Waals surface area contributed by atoms with Gasteiger partial charge >= 0.3 is 12.0 Å². The van der Waals surface area contributed by atoms with Gasteiger partial charge in [0.15, 0.2) is 0 Å². The van der Waals surface area contributed by atoms with E-state index >= 15 is 0 Å². The quantitative estimate of drug-likeness (QED) is 0.886. The Morgan fingerprint density at radius 2 is 2.30 bits per heavy atom. The summed E-state index contributed by atoms with van der Waals surface area (Å²) in [4.78, 5) is 30.0. The molecule has 2 fully saturated rings. The van der Waals surface area contributed by atoms with Gasteiger partial charge in [0.2, 0.25) is 0 Å². The Balaban J connectivity index is 1.50. The fourth-order valence-electron chi connectivity index (χ4n) is 3.93. The largest absolute Gasteiger partial charge is 0.481 e. The molecule has 2 N–H and O–H groups in total. The molecule has 1 aromatic heterocycles. The van der Waals surface area contributed by atoms with Gasteiger partial charge in [0.1, 0.15) is 0 Å². The van der Waals surface area contributed by atoms with Crippen molar-refractivity contribution in [2.75, 3.05) is 18.4 Å². The zero-order chi connectivity index (χ0) is 16.0. The second-order valence-electron chi connectivity index (χ2n) is 6.40. The van der Waals surface area contributed by atoms with Gasteiger partial charge in [0, 0.05) is 18.8 Å². The number of anilines is 1. The molecule has 0 radical (unpaired) electrons. The summed E-state index contributed by atoms with van der Waals surface area (Å²) in [7, 11) is 0. The zero-order valence-electron chi connectivity index (χ0n) is 12.5. The van der Waals surface area contributed by atoms with Crippen molar-refractivity contribution in [1.82, 2.24) is 9.88 Å². The number of amides is 2. The Morgan fingerprint density at radius 3 is 3.09 bits per heavy atom. The predicted octanol–water partition coefficient (Wildman–Crippen LogP) is 3.01. The molecule has 2 amide bonds. The predicted molar refractivity (Wildman–Crippen MR) is 87.6 cm³/mol. The Kier molecular flexibility index (Phi) is 3.26. The molecule has 6 nitrogen and oxygen atoms in total. The van der Waals surface area contributed by atoms with Gasteiger partial charge < -0.3 is 15.3 Å². The molecule has 2 aromatic rings. The average Bonchev–Trinajstić information content (AvgIpc) is 3.20. The van der Waals surface area contributed by atoms with Gasteiger partial charge in [0.05, 0.1) is 21.1 Å². The summed E-state index contributed by atoms with van der Waals surface area (Å²) in [6.45, 7) is 0.836. The summed E-state index contributed by atoms with van der Waals surface area (Å²) in [6.07, 6.45) is 2.50. The van der Waals surface area contributed by atoms with Crippen LogP contribution in [0.4, 0.5) is 10.5 Å². The number of rotatable bonds is 2. The maximum absolute atomic E-state index is 12.5. The maximum atomic E-state index is 12.5. The minimum atomic E-state index is -0.763. The minimum absolute atomic E-state index is 0.0785. The van der Waals surface area contributed by atoms with Crippen molar-refractivity contribution in [2.24, 2.45) is 11.3 Å². The van der Waals surface area contributed by atoms with E-state index in [0.29, 0.717) is 25.2 Å². The molecular formula is C16H17N3O3S. The molecule has 2 heterocycles. The Morgan fingerprint density at radius 1 is 1.43 bits per heavy atom. The fraction of sp³-hybridized carbons (Fsp3) is 0.438. The molecular weight excluding hydrogens is 314 g/mol. The van der Waals surface area contributed by atoms with Crippen LogP contribution in [0.25, 0.3) is 10.2 Å². The van der Waals surface area contributed by atoms with Gasteiger partial charge in [-0.1, -0.05) is 6.42 Å². The summed E-state index contributed by atoms with van der Waals surface area (Å²) in [5.74, 6) is -0.684. The van der Waals surface area contributed by atoms with Gasteiger partial charge in [-0.25, -0.2) is 9.78 Å². The number of hydrogen-bond donors (Lipinski definition) is 2. The number of urea groups is 1. The van der Waals surface area contributed by atoms with E-state index in [4.69, 9.17) is 0 Å². The number of aliphatic carboxylic acids is 1. The highest BCUT2D eigenvalue weighted by Gasteiger charge is 2.55. The standard InChI is InChI=1S/C16H17N3O3S/c20-14(21)16-5-1-2-10(16)7-19(8-16)15(22)18-11-3-4-12-13(6-11)23-9-17-12/h3-4,6,9-10H,1-2,5,7-8H2,(H,18,22)(H,20,21)/t10-,16+/m0/s1. The van der Waals surface area contributed by atoms with Crippen LogP contribution in [0.5, 0.6) is 0 Å². The van der Waals surface area contributed by atoms with Gasteiger partial charge in [-0.2, -0.15) is 0 Å². The number of hydrogen-bond acceptors (Lipinski definition) is 4. The van der Waals surface area contributed by atoms with Crippen molar-refractivity contribution in [3.8, 4) is 0 Å². The lowest BCUT2D eigenvalue weighted by atomic mass is 9.81. The van der Waals surface area contributed by atoms with E-state index in [1.165, 1.54) is 11.3 Å². The first-order valence-electron chi connectivity index (χ1n) is 7.71. The highest BCUT2D eigenvalue weighted by Crippen LogP contribution is 2.48. The number of likely N-dealkylation sites (tertiary alicyclic amines) is 1. The number of fused-ring (bicyclic) bond motifs is 2. The molecule has 4 rings (SSSR count). The lowest BCUT2D eigenvalue weighted by molar-refractivity contribution is -0.149. The zero-order valence-corrected chi connectivity index (χ0v) is 13.3. The molecule has 0 bridgehead atoms. The number of carbonyl (C=O) groups is 2. The molecule has 0 unspecified atom stereocenters. The molecule has 0 spiro atoms. The van der Waals surface area contributed by atoms with Gasteiger partial charge in [0.25, 0.3) is 0 Å². The highest BCUT2D eigenvalue weighted by atomic mass is 32.1. The second-order valence-corrected chi connectivity index (χ2v) is 7.28. The molecule has 1 saturated carbocycles. The van der Waals surface area contributed by atoms with E-state index in [1.807, 2.05) is 18.2 Å². The Labute approximate surface area is 137 Å². The second kappa shape index (κ2) is 5.19. The van der Waals surface area contributed by atoms with Gasteiger partial charge in [-0.05, 0) is 37.0 Å². The normalized spacial score (nSPS) is 26.4. The van der Waals surface area contributed by atoms with Crippen molar-refractivity contribution in [3.63, 3.8) is 0 Å². The third-order valence-electron chi connectivity index (χ3n) is 5.17. The molecule has 2 aliphatic rings. The molecule has 7 heteroatoms. The number of nitrogens with one attached hydrogen (secondary N) is 1. The third-order valence-corrected chi connectivity index (χ3v) is 5.96. The highest BCUT2D eigenvalue weighted by molar-refractivity contribution is 7.16. The Hall–Kier alpha value is -2.15. The minimum Gasteiger partial charge on any atom is -0.481 e. The first kappa shape index (κ1) is 14.4. The number of carbonyl (C=O) groups excluding carboxylic acids is 1. The Bertz CT molecular complexity index is 790. The lowest BCUT2D eigenvalue weighted by Crippen LogP contribution is -2.38. The number of carboxylic acids is 1. The maximum Gasteiger partial charge on any atom is 0.321 e. The average molecular weight is 331 g/mol. The summed E-state index contributed by atoms with van der Waals surface area (Å²) >= 11 is 1.52. The van der Waals surface area contributed by atoms with Crippen molar-refractivity contribution in [2.45, 2.75) is 19.3 Å². The summed E-state index contributed by atoms with van der Waals surface area (Å²) in [5, 5.41) is 12.5. The monoisotopic (exact) mass is 331 g/mol. The number of carboxylic acid groups (broad SMARTS) is 1. The first-order valence-corrected chi connectivity index (χ1v) is 8.59. The van der Waals surface area contributed by atoms with E-state index in [-0.39, 0.29) is 11.9 Å².